The van der Waals surface area contributed by atoms with E-state index in [1.54, 1.807) is 13.8 Å². The normalized spacial score (nSPS) is 11.1. The summed E-state index contributed by atoms with van der Waals surface area (Å²) in [6.07, 6.45) is 0. The predicted molar refractivity (Wildman–Crippen MR) is 59.3 cm³/mol. The van der Waals surface area contributed by atoms with Crippen molar-refractivity contribution in [1.82, 2.24) is 0 Å². The van der Waals surface area contributed by atoms with Crippen LogP contribution >= 0.6 is 9.24 Å². The first-order valence-corrected chi connectivity index (χ1v) is 5.19. The van der Waals surface area contributed by atoms with Gasteiger partial charge < -0.3 is 0 Å². The quantitative estimate of drug-likeness (QED) is 0.632. The van der Waals surface area contributed by atoms with E-state index in [-0.39, 0.29) is 11.2 Å². The molecule has 0 aliphatic carbocycles. The predicted octanol–water partition coefficient (Wildman–Crippen LogP) is 3.21. The molecule has 0 saturated carbocycles. The van der Waals surface area contributed by atoms with Crippen LogP contribution in [0.4, 0.5) is 8.78 Å². The lowest BCUT2D eigenvalue weighted by molar-refractivity contribution is 0.578. The molecule has 1 aromatic carbocycles. The summed E-state index contributed by atoms with van der Waals surface area (Å²) in [5, 5.41) is 0.0457. The van der Waals surface area contributed by atoms with E-state index in [1.165, 1.54) is 0 Å². The third-order valence-electron chi connectivity index (χ3n) is 2.52. The van der Waals surface area contributed by atoms with Gasteiger partial charge in [-0.15, -0.1) is 0 Å². The third kappa shape index (κ3) is 1.68. The van der Waals surface area contributed by atoms with Crippen molar-refractivity contribution in [2.75, 3.05) is 0 Å². The Bertz CT molecular complexity index is 341. The van der Waals surface area contributed by atoms with E-state index >= 15 is 0 Å². The minimum atomic E-state index is -0.443. The highest BCUT2D eigenvalue weighted by molar-refractivity contribution is 7.27. The molecule has 0 aromatic heterocycles. The lowest BCUT2D eigenvalue weighted by atomic mass is 9.92. The highest BCUT2D eigenvalue weighted by atomic mass is 31.0. The van der Waals surface area contributed by atoms with E-state index in [0.29, 0.717) is 11.1 Å². The van der Waals surface area contributed by atoms with Gasteiger partial charge in [0.25, 0.3) is 0 Å². The Morgan fingerprint density at radius 3 is 1.64 bits per heavy atom. The zero-order chi connectivity index (χ0) is 11.0. The SMILES string of the molecule is Cc1c(F)c(P)c(F)c(C)c1C(C)C. The van der Waals surface area contributed by atoms with E-state index < -0.39 is 11.6 Å². The number of rotatable bonds is 1. The molecule has 0 bridgehead atoms. The molecule has 0 heterocycles. The zero-order valence-electron chi connectivity index (χ0n) is 8.91. The van der Waals surface area contributed by atoms with Gasteiger partial charge in [-0.05, 0) is 36.5 Å². The van der Waals surface area contributed by atoms with Crippen LogP contribution in [0.1, 0.15) is 36.5 Å². The maximum atomic E-state index is 13.5. The maximum Gasteiger partial charge on any atom is 0.136 e. The third-order valence-corrected chi connectivity index (χ3v) is 3.02. The second kappa shape index (κ2) is 3.94. The van der Waals surface area contributed by atoms with Crippen LogP contribution < -0.4 is 5.30 Å². The molecule has 0 N–H and O–H groups in total. The van der Waals surface area contributed by atoms with Gasteiger partial charge in [0.1, 0.15) is 11.6 Å². The number of hydrogen-bond acceptors (Lipinski definition) is 0. The molecule has 1 rings (SSSR count). The van der Waals surface area contributed by atoms with Gasteiger partial charge in [0.05, 0.1) is 0 Å². The standard InChI is InChI=1S/C11H15F2P/c1-5(2)8-6(3)9(12)11(14)10(13)7(8)4/h5H,14H2,1-4H3. The Hall–Kier alpha value is -0.490. The summed E-state index contributed by atoms with van der Waals surface area (Å²) in [7, 11) is 2.12. The Morgan fingerprint density at radius 1 is 1.00 bits per heavy atom. The van der Waals surface area contributed by atoms with Crippen molar-refractivity contribution in [3.8, 4) is 0 Å². The van der Waals surface area contributed by atoms with Gasteiger partial charge in [0.2, 0.25) is 0 Å². The minimum absolute atomic E-state index is 0.0457. The molecular formula is C11H15F2P. The van der Waals surface area contributed by atoms with Gasteiger partial charge in [0.15, 0.2) is 0 Å². The van der Waals surface area contributed by atoms with Crippen molar-refractivity contribution in [2.24, 2.45) is 0 Å². The zero-order valence-corrected chi connectivity index (χ0v) is 10.1. The van der Waals surface area contributed by atoms with Crippen LogP contribution in [0.3, 0.4) is 0 Å². The Labute approximate surface area is 85.9 Å². The van der Waals surface area contributed by atoms with E-state index in [2.05, 4.69) is 9.24 Å². The van der Waals surface area contributed by atoms with Gasteiger partial charge in [-0.25, -0.2) is 8.78 Å². The van der Waals surface area contributed by atoms with Gasteiger partial charge >= 0.3 is 0 Å². The molecule has 0 radical (unpaired) electrons. The van der Waals surface area contributed by atoms with E-state index in [0.717, 1.165) is 5.56 Å². The molecular weight excluding hydrogens is 201 g/mol. The van der Waals surface area contributed by atoms with Crippen molar-refractivity contribution < 1.29 is 8.78 Å². The number of benzene rings is 1. The molecule has 0 aliphatic heterocycles. The molecule has 0 aliphatic rings. The van der Waals surface area contributed by atoms with Crippen LogP contribution in [0.25, 0.3) is 0 Å². The summed E-state index contributed by atoms with van der Waals surface area (Å²) in [6.45, 7) is 7.28. The highest BCUT2D eigenvalue weighted by Gasteiger charge is 2.18. The summed E-state index contributed by atoms with van der Waals surface area (Å²) in [5.74, 6) is -0.742. The molecule has 0 spiro atoms. The Balaban J connectivity index is 3.60. The lowest BCUT2D eigenvalue weighted by Crippen LogP contribution is -2.14. The fraction of sp³-hybridized carbons (Fsp3) is 0.455. The lowest BCUT2D eigenvalue weighted by Gasteiger charge is -2.16. The number of hydrogen-bond donors (Lipinski definition) is 0. The Morgan fingerprint density at radius 2 is 1.36 bits per heavy atom. The molecule has 0 amide bonds. The molecule has 0 fully saturated rings. The van der Waals surface area contributed by atoms with Crippen molar-refractivity contribution in [3.63, 3.8) is 0 Å². The van der Waals surface area contributed by atoms with Gasteiger partial charge in [-0.1, -0.05) is 23.1 Å². The molecule has 0 nitrogen and oxygen atoms in total. The van der Waals surface area contributed by atoms with Crippen molar-refractivity contribution in [3.05, 3.63) is 28.3 Å². The molecule has 3 heteroatoms. The summed E-state index contributed by atoms with van der Waals surface area (Å²) < 4.78 is 27.1. The molecule has 78 valence electrons. The molecule has 0 saturated heterocycles. The van der Waals surface area contributed by atoms with Crippen LogP contribution in [0, 0.1) is 25.5 Å². The summed E-state index contributed by atoms with van der Waals surface area (Å²) >= 11 is 0. The van der Waals surface area contributed by atoms with Gasteiger partial charge in [-0.3, -0.25) is 0 Å². The van der Waals surface area contributed by atoms with Crippen LogP contribution in [0.5, 0.6) is 0 Å². The minimum Gasteiger partial charge on any atom is -0.206 e. The van der Waals surface area contributed by atoms with E-state index in [9.17, 15) is 8.78 Å². The van der Waals surface area contributed by atoms with E-state index in [4.69, 9.17) is 0 Å². The first-order valence-electron chi connectivity index (χ1n) is 4.61. The van der Waals surface area contributed by atoms with Crippen molar-refractivity contribution in [2.45, 2.75) is 33.6 Å². The van der Waals surface area contributed by atoms with Crippen LogP contribution in [0.2, 0.25) is 0 Å². The van der Waals surface area contributed by atoms with E-state index in [1.807, 2.05) is 13.8 Å². The van der Waals surface area contributed by atoms with Gasteiger partial charge in [0, 0.05) is 5.30 Å². The topological polar surface area (TPSA) is 0 Å². The monoisotopic (exact) mass is 216 g/mol. The largest absolute Gasteiger partial charge is 0.206 e. The summed E-state index contributed by atoms with van der Waals surface area (Å²) in [5.41, 5.74) is 1.90. The second-order valence-electron chi connectivity index (χ2n) is 3.86. The molecule has 14 heavy (non-hydrogen) atoms. The van der Waals surface area contributed by atoms with Gasteiger partial charge in [-0.2, -0.15) is 0 Å². The summed E-state index contributed by atoms with van der Waals surface area (Å²) in [6, 6.07) is 0. The smallest absolute Gasteiger partial charge is 0.136 e. The molecule has 1 aromatic rings. The van der Waals surface area contributed by atoms with Crippen molar-refractivity contribution in [1.29, 1.82) is 0 Å². The van der Waals surface area contributed by atoms with Crippen LogP contribution in [-0.4, -0.2) is 0 Å². The van der Waals surface area contributed by atoms with Crippen LogP contribution in [0.15, 0.2) is 0 Å². The average molecular weight is 216 g/mol. The Kier molecular flexibility index (Phi) is 3.26. The maximum absolute atomic E-state index is 13.5. The molecule has 1 unspecified atom stereocenters. The van der Waals surface area contributed by atoms with Crippen molar-refractivity contribution >= 4 is 14.5 Å². The summed E-state index contributed by atoms with van der Waals surface area (Å²) in [4.78, 5) is 0. The highest BCUT2D eigenvalue weighted by Crippen LogP contribution is 2.27. The first-order chi connectivity index (χ1) is 6.37. The average Bonchev–Trinajstić information content (AvgIpc) is 2.11. The van der Waals surface area contributed by atoms with Crippen LogP contribution in [-0.2, 0) is 0 Å². The fourth-order valence-electron chi connectivity index (χ4n) is 1.88. The second-order valence-corrected chi connectivity index (χ2v) is 4.44. The fourth-order valence-corrected chi connectivity index (χ4v) is 2.32. The molecule has 1 atom stereocenters. The first kappa shape index (κ1) is 11.6. The number of halogens is 2.